The van der Waals surface area contributed by atoms with E-state index in [4.69, 9.17) is 0 Å². The molecule has 4 aromatic rings. The Morgan fingerprint density at radius 3 is 2.77 bits per heavy atom. The van der Waals surface area contributed by atoms with Crippen molar-refractivity contribution in [2.45, 2.75) is 13.5 Å². The topological polar surface area (TPSA) is 58.7 Å². The highest BCUT2D eigenvalue weighted by Gasteiger charge is 2.26. The van der Waals surface area contributed by atoms with Gasteiger partial charge in [0.2, 0.25) is 0 Å². The Balaban J connectivity index is 1.22. The molecule has 8 heteroatoms. The number of hydrogen-bond donors (Lipinski definition) is 0. The maximum atomic E-state index is 13.3. The van der Waals surface area contributed by atoms with Crippen LogP contribution in [-0.2, 0) is 6.54 Å². The van der Waals surface area contributed by atoms with Crippen molar-refractivity contribution < 1.29 is 9.18 Å². The average molecular weight is 406 g/mol. The van der Waals surface area contributed by atoms with Crippen LogP contribution in [0.25, 0.3) is 16.7 Å². The fourth-order valence-corrected chi connectivity index (χ4v) is 4.16. The molecule has 0 atom stereocenters. The van der Waals surface area contributed by atoms with Gasteiger partial charge >= 0.3 is 0 Å². The Kier molecular flexibility index (Phi) is 4.71. The van der Waals surface area contributed by atoms with Crippen LogP contribution in [0.1, 0.15) is 16.2 Å². The van der Waals surface area contributed by atoms with Crippen LogP contribution in [0.15, 0.2) is 48.9 Å². The Bertz CT molecular complexity index is 1220. The van der Waals surface area contributed by atoms with E-state index in [2.05, 4.69) is 14.9 Å². The van der Waals surface area contributed by atoms with E-state index in [0.29, 0.717) is 24.3 Å². The monoisotopic (exact) mass is 406 g/mol. The van der Waals surface area contributed by atoms with Gasteiger partial charge in [0.1, 0.15) is 17.2 Å². The average Bonchev–Trinajstić information content (AvgIpc) is 3.31. The van der Waals surface area contributed by atoms with Crippen molar-refractivity contribution in [3.8, 4) is 0 Å². The summed E-state index contributed by atoms with van der Waals surface area (Å²) in [6.07, 6.45) is 3.65. The summed E-state index contributed by atoms with van der Waals surface area (Å²) >= 11 is 0. The number of pyridine rings is 1. The van der Waals surface area contributed by atoms with Crippen molar-refractivity contribution in [2.24, 2.45) is 0 Å². The predicted octanol–water partition coefficient (Wildman–Crippen LogP) is 2.59. The molecule has 1 saturated heterocycles. The number of amides is 1. The number of hydrogen-bond acceptors (Lipinski definition) is 4. The van der Waals surface area contributed by atoms with E-state index in [1.165, 1.54) is 12.1 Å². The Morgan fingerprint density at radius 2 is 1.93 bits per heavy atom. The molecule has 1 aliphatic heterocycles. The van der Waals surface area contributed by atoms with Crippen LogP contribution >= 0.6 is 0 Å². The maximum Gasteiger partial charge on any atom is 0.272 e. The lowest BCUT2D eigenvalue weighted by Crippen LogP contribution is -2.49. The van der Waals surface area contributed by atoms with Crippen molar-refractivity contribution in [2.75, 3.05) is 32.7 Å². The van der Waals surface area contributed by atoms with E-state index in [1.807, 2.05) is 45.2 Å². The molecule has 4 heterocycles. The molecule has 0 bridgehead atoms. The number of imidazole rings is 2. The van der Waals surface area contributed by atoms with Crippen LogP contribution in [0.2, 0.25) is 0 Å². The smallest absolute Gasteiger partial charge is 0.272 e. The SMILES string of the molecule is Cc1nc2ccccn2c1C(=O)N1CCN(CCn2cnc3cc(F)ccc32)CC1. The van der Waals surface area contributed by atoms with Crippen molar-refractivity contribution >= 4 is 22.6 Å². The quantitative estimate of drug-likeness (QED) is 0.523. The molecule has 3 aromatic heterocycles. The summed E-state index contributed by atoms with van der Waals surface area (Å²) < 4.78 is 17.3. The molecular formula is C22H23FN6O. The number of piperazine rings is 1. The summed E-state index contributed by atoms with van der Waals surface area (Å²) in [7, 11) is 0. The number of aryl methyl sites for hydroxylation is 1. The molecule has 1 amide bonds. The summed E-state index contributed by atoms with van der Waals surface area (Å²) in [6, 6.07) is 10.4. The second kappa shape index (κ2) is 7.53. The van der Waals surface area contributed by atoms with Crippen molar-refractivity contribution in [1.29, 1.82) is 0 Å². The molecule has 1 aromatic carbocycles. The second-order valence-corrected chi connectivity index (χ2v) is 7.68. The molecule has 1 fully saturated rings. The summed E-state index contributed by atoms with van der Waals surface area (Å²) in [5.74, 6) is -0.233. The van der Waals surface area contributed by atoms with Crippen molar-refractivity contribution in [3.05, 3.63) is 66.1 Å². The number of nitrogens with zero attached hydrogens (tertiary/aromatic N) is 6. The fraction of sp³-hybridized carbons (Fsp3) is 0.318. The Morgan fingerprint density at radius 1 is 1.10 bits per heavy atom. The standard InChI is InChI=1S/C22H23FN6O/c1-16-21(29-7-3-2-4-20(29)25-16)22(30)27-11-8-26(9-12-27)10-13-28-15-24-18-14-17(23)5-6-19(18)28/h2-7,14-15H,8-13H2,1H3. The van der Waals surface area contributed by atoms with E-state index in [9.17, 15) is 9.18 Å². The lowest BCUT2D eigenvalue weighted by molar-refractivity contribution is 0.0626. The summed E-state index contributed by atoms with van der Waals surface area (Å²) in [6.45, 7) is 6.55. The first-order valence-corrected chi connectivity index (χ1v) is 10.2. The van der Waals surface area contributed by atoms with Gasteiger partial charge in [-0.25, -0.2) is 14.4 Å². The van der Waals surface area contributed by atoms with Crippen LogP contribution in [0.5, 0.6) is 0 Å². The van der Waals surface area contributed by atoms with Gasteiger partial charge < -0.3 is 9.47 Å². The molecule has 7 nitrogen and oxygen atoms in total. The van der Waals surface area contributed by atoms with Gasteiger partial charge in [-0.1, -0.05) is 6.07 Å². The van der Waals surface area contributed by atoms with Crippen LogP contribution in [-0.4, -0.2) is 67.4 Å². The zero-order valence-electron chi connectivity index (χ0n) is 16.8. The van der Waals surface area contributed by atoms with Gasteiger partial charge in [0.15, 0.2) is 0 Å². The third-order valence-corrected chi connectivity index (χ3v) is 5.81. The normalized spacial score (nSPS) is 15.3. The highest BCUT2D eigenvalue weighted by molar-refractivity contribution is 5.94. The molecule has 5 rings (SSSR count). The number of carbonyl (C=O) groups is 1. The number of aromatic nitrogens is 4. The first-order valence-electron chi connectivity index (χ1n) is 10.2. The molecule has 0 saturated carbocycles. The zero-order valence-corrected chi connectivity index (χ0v) is 16.8. The first kappa shape index (κ1) is 18.7. The van der Waals surface area contributed by atoms with Gasteiger partial charge in [0.05, 0.1) is 23.1 Å². The molecule has 154 valence electrons. The first-order chi connectivity index (χ1) is 14.6. The van der Waals surface area contributed by atoms with Crippen molar-refractivity contribution in [1.82, 2.24) is 28.7 Å². The van der Waals surface area contributed by atoms with Gasteiger partial charge in [-0.05, 0) is 31.2 Å². The highest BCUT2D eigenvalue weighted by Crippen LogP contribution is 2.17. The van der Waals surface area contributed by atoms with Crippen LogP contribution < -0.4 is 0 Å². The number of halogens is 1. The fourth-order valence-electron chi connectivity index (χ4n) is 4.16. The van der Waals surface area contributed by atoms with Gasteiger partial charge in [-0.15, -0.1) is 0 Å². The van der Waals surface area contributed by atoms with E-state index in [-0.39, 0.29) is 11.7 Å². The third kappa shape index (κ3) is 3.33. The summed E-state index contributed by atoms with van der Waals surface area (Å²) in [5, 5.41) is 0. The molecule has 30 heavy (non-hydrogen) atoms. The van der Waals surface area contributed by atoms with E-state index in [1.54, 1.807) is 12.4 Å². The van der Waals surface area contributed by atoms with Crippen molar-refractivity contribution in [3.63, 3.8) is 0 Å². The number of rotatable bonds is 4. The summed E-state index contributed by atoms with van der Waals surface area (Å²) in [4.78, 5) is 26.2. The molecule has 0 aliphatic carbocycles. The maximum absolute atomic E-state index is 13.3. The molecule has 0 spiro atoms. The van der Waals surface area contributed by atoms with E-state index < -0.39 is 0 Å². The third-order valence-electron chi connectivity index (χ3n) is 5.81. The van der Waals surface area contributed by atoms with Crippen LogP contribution in [0.3, 0.4) is 0 Å². The number of carbonyl (C=O) groups excluding carboxylic acids is 1. The van der Waals surface area contributed by atoms with Crippen LogP contribution in [0, 0.1) is 12.7 Å². The minimum absolute atomic E-state index is 0.0356. The predicted molar refractivity (Wildman–Crippen MR) is 112 cm³/mol. The molecule has 0 radical (unpaired) electrons. The molecule has 1 aliphatic rings. The van der Waals surface area contributed by atoms with Gasteiger partial charge in [0.25, 0.3) is 5.91 Å². The second-order valence-electron chi connectivity index (χ2n) is 7.68. The van der Waals surface area contributed by atoms with E-state index >= 15 is 0 Å². The Labute approximate surface area is 173 Å². The largest absolute Gasteiger partial charge is 0.335 e. The van der Waals surface area contributed by atoms with E-state index in [0.717, 1.165) is 43.0 Å². The minimum Gasteiger partial charge on any atom is -0.335 e. The lowest BCUT2D eigenvalue weighted by Gasteiger charge is -2.34. The molecule has 0 N–H and O–H groups in total. The highest BCUT2D eigenvalue weighted by atomic mass is 19.1. The summed E-state index contributed by atoms with van der Waals surface area (Å²) in [5.41, 5.74) is 3.82. The van der Waals surface area contributed by atoms with Crippen LogP contribution in [0.4, 0.5) is 4.39 Å². The number of benzene rings is 1. The van der Waals surface area contributed by atoms with Gasteiger partial charge in [0, 0.05) is 51.5 Å². The molecular weight excluding hydrogens is 383 g/mol. The number of fused-ring (bicyclic) bond motifs is 2. The lowest BCUT2D eigenvalue weighted by atomic mass is 10.2. The van der Waals surface area contributed by atoms with Gasteiger partial charge in [-0.2, -0.15) is 0 Å². The minimum atomic E-state index is -0.269. The Hall–Kier alpha value is -3.26. The molecule has 0 unspecified atom stereocenters. The zero-order chi connectivity index (χ0) is 20.7. The van der Waals surface area contributed by atoms with Gasteiger partial charge in [-0.3, -0.25) is 14.1 Å².